The van der Waals surface area contributed by atoms with E-state index in [1.807, 2.05) is 6.92 Å². The number of nitrogens with zero attached hydrogens (tertiary/aromatic N) is 2. The fourth-order valence-electron chi connectivity index (χ4n) is 1.81. The first-order valence-corrected chi connectivity index (χ1v) is 6.88. The van der Waals surface area contributed by atoms with Gasteiger partial charge in [-0.15, -0.1) is 5.10 Å². The van der Waals surface area contributed by atoms with Crippen molar-refractivity contribution in [3.05, 3.63) is 35.5 Å². The van der Waals surface area contributed by atoms with Crippen LogP contribution in [0.2, 0.25) is 0 Å². The van der Waals surface area contributed by atoms with Crippen LogP contribution in [0, 0.1) is 6.92 Å². The molecule has 0 aliphatic heterocycles. The lowest BCUT2D eigenvalue weighted by molar-refractivity contribution is 0.0993. The van der Waals surface area contributed by atoms with Crippen LogP contribution >= 0.6 is 0 Å². The summed E-state index contributed by atoms with van der Waals surface area (Å²) >= 11 is 0. The van der Waals surface area contributed by atoms with E-state index in [9.17, 15) is 17.8 Å². The van der Waals surface area contributed by atoms with E-state index in [1.165, 1.54) is 0 Å². The molecule has 0 fully saturated rings. The Morgan fingerprint density at radius 3 is 2.30 bits per heavy atom. The summed E-state index contributed by atoms with van der Waals surface area (Å²) in [7, 11) is -4.65. The maximum Gasteiger partial charge on any atom is 0.314 e. The number of hydrogen-bond donors (Lipinski definition) is 3. The normalized spacial score (nSPS) is 11.5. The van der Waals surface area contributed by atoms with Gasteiger partial charge in [0.15, 0.2) is 5.69 Å². The number of nitrogen functional groups attached to an aromatic ring is 1. The van der Waals surface area contributed by atoms with Crippen molar-refractivity contribution in [2.45, 2.75) is 11.9 Å². The van der Waals surface area contributed by atoms with Gasteiger partial charge in [-0.3, -0.25) is 9.35 Å². The number of aryl methyl sites for hydroxylation is 1. The zero-order valence-corrected chi connectivity index (χ0v) is 11.3. The standard InChI is InChI=1S/C11H12N4O4S/c1-6-2-4-7(5-3-6)8-9(10(12)16)15(13)14-11(8)20(17,18)19/h2-5H,13H2,1H3,(H2,12,16)(H,17,18,19). The van der Waals surface area contributed by atoms with E-state index in [4.69, 9.17) is 11.6 Å². The number of benzene rings is 1. The van der Waals surface area contributed by atoms with Crippen LogP contribution in [0.3, 0.4) is 0 Å². The second-order valence-corrected chi connectivity index (χ2v) is 5.52. The first kappa shape index (κ1) is 14.0. The van der Waals surface area contributed by atoms with Crippen molar-refractivity contribution < 1.29 is 17.8 Å². The molecule has 0 atom stereocenters. The fraction of sp³-hybridized carbons (Fsp3) is 0.0909. The number of carbonyl (C=O) groups is 1. The van der Waals surface area contributed by atoms with Gasteiger partial charge < -0.3 is 11.6 Å². The number of hydrogen-bond acceptors (Lipinski definition) is 5. The molecule has 106 valence electrons. The number of primary amides is 1. The third-order valence-electron chi connectivity index (χ3n) is 2.70. The van der Waals surface area contributed by atoms with Gasteiger partial charge in [-0.25, -0.2) is 0 Å². The Morgan fingerprint density at radius 2 is 1.85 bits per heavy atom. The predicted molar refractivity (Wildman–Crippen MR) is 70.9 cm³/mol. The predicted octanol–water partition coefficient (Wildman–Crippen LogP) is -0.0821. The number of nitrogens with two attached hydrogens (primary N) is 2. The van der Waals surface area contributed by atoms with Gasteiger partial charge in [0.1, 0.15) is 0 Å². The summed E-state index contributed by atoms with van der Waals surface area (Å²) in [5, 5.41) is 2.75. The van der Waals surface area contributed by atoms with Crippen LogP contribution < -0.4 is 11.6 Å². The minimum absolute atomic E-state index is 0.123. The molecule has 0 bridgehead atoms. The van der Waals surface area contributed by atoms with Crippen LogP contribution in [0.15, 0.2) is 29.3 Å². The van der Waals surface area contributed by atoms with Crippen LogP contribution in [0.1, 0.15) is 16.1 Å². The Morgan fingerprint density at radius 1 is 1.30 bits per heavy atom. The Kier molecular flexibility index (Phi) is 3.24. The largest absolute Gasteiger partial charge is 0.364 e. The highest BCUT2D eigenvalue weighted by molar-refractivity contribution is 7.85. The van der Waals surface area contributed by atoms with Crippen LogP contribution in [0.5, 0.6) is 0 Å². The van der Waals surface area contributed by atoms with Crippen LogP contribution in [-0.2, 0) is 10.1 Å². The molecule has 0 saturated heterocycles. The fourth-order valence-corrected chi connectivity index (χ4v) is 2.47. The maximum atomic E-state index is 11.4. The molecule has 20 heavy (non-hydrogen) atoms. The van der Waals surface area contributed by atoms with Crippen molar-refractivity contribution in [1.82, 2.24) is 9.89 Å². The van der Waals surface area contributed by atoms with Crippen LogP contribution in [0.25, 0.3) is 11.1 Å². The number of carbonyl (C=O) groups excluding carboxylic acids is 1. The third-order valence-corrected chi connectivity index (χ3v) is 3.47. The highest BCUT2D eigenvalue weighted by atomic mass is 32.2. The first-order chi connectivity index (χ1) is 9.21. The van der Waals surface area contributed by atoms with Gasteiger partial charge in [0.05, 0.1) is 5.56 Å². The molecule has 0 unspecified atom stereocenters. The van der Waals surface area contributed by atoms with Crippen molar-refractivity contribution in [2.24, 2.45) is 5.73 Å². The molecule has 2 rings (SSSR count). The van der Waals surface area contributed by atoms with Gasteiger partial charge in [-0.05, 0) is 12.5 Å². The van der Waals surface area contributed by atoms with Gasteiger partial charge in [0.2, 0.25) is 5.03 Å². The zero-order valence-electron chi connectivity index (χ0n) is 10.4. The minimum Gasteiger partial charge on any atom is -0.364 e. The quantitative estimate of drug-likeness (QED) is 0.534. The third kappa shape index (κ3) is 2.36. The van der Waals surface area contributed by atoms with E-state index in [1.54, 1.807) is 24.3 Å². The van der Waals surface area contributed by atoms with Gasteiger partial charge >= 0.3 is 10.1 Å². The molecular weight excluding hydrogens is 284 g/mol. The zero-order chi connectivity index (χ0) is 15.1. The van der Waals surface area contributed by atoms with Crippen LogP contribution in [0.4, 0.5) is 0 Å². The smallest absolute Gasteiger partial charge is 0.314 e. The molecule has 5 N–H and O–H groups in total. The first-order valence-electron chi connectivity index (χ1n) is 5.44. The molecule has 0 saturated carbocycles. The second kappa shape index (κ2) is 4.62. The van der Waals surface area contributed by atoms with Crippen molar-refractivity contribution in [3.63, 3.8) is 0 Å². The van der Waals surface area contributed by atoms with Gasteiger partial charge in [-0.2, -0.15) is 13.2 Å². The van der Waals surface area contributed by atoms with Gasteiger partial charge in [0, 0.05) is 0 Å². The number of aromatic nitrogens is 2. The number of amides is 1. The second-order valence-electron chi connectivity index (χ2n) is 4.18. The van der Waals surface area contributed by atoms with E-state index >= 15 is 0 Å². The minimum atomic E-state index is -4.65. The Balaban J connectivity index is 2.84. The van der Waals surface area contributed by atoms with Crippen LogP contribution in [-0.4, -0.2) is 28.8 Å². The van der Waals surface area contributed by atoms with E-state index in [0.717, 1.165) is 5.56 Å². The summed E-state index contributed by atoms with van der Waals surface area (Å²) in [6.45, 7) is 1.84. The SMILES string of the molecule is Cc1ccc(-c2c(S(=O)(=O)O)nn(N)c2C(N)=O)cc1. The molecule has 2 aromatic rings. The summed E-state index contributed by atoms with van der Waals surface area (Å²) in [5.74, 6) is 4.48. The van der Waals surface area contributed by atoms with Crippen molar-refractivity contribution in [2.75, 3.05) is 5.84 Å². The molecule has 1 aromatic heterocycles. The monoisotopic (exact) mass is 296 g/mol. The Bertz CT molecular complexity index is 777. The van der Waals surface area contributed by atoms with Crippen molar-refractivity contribution >= 4 is 16.0 Å². The Hall–Kier alpha value is -2.39. The summed E-state index contributed by atoms with van der Waals surface area (Å²) in [6, 6.07) is 6.57. The lowest BCUT2D eigenvalue weighted by atomic mass is 10.0. The van der Waals surface area contributed by atoms with Gasteiger partial charge in [0.25, 0.3) is 5.91 Å². The molecule has 0 spiro atoms. The lowest BCUT2D eigenvalue weighted by Crippen LogP contribution is -2.23. The molecule has 0 aliphatic rings. The van der Waals surface area contributed by atoms with E-state index < -0.39 is 21.1 Å². The van der Waals surface area contributed by atoms with Gasteiger partial charge in [-0.1, -0.05) is 29.8 Å². The molecule has 1 heterocycles. The van der Waals surface area contributed by atoms with E-state index in [0.29, 0.717) is 10.4 Å². The molecule has 8 nitrogen and oxygen atoms in total. The molecule has 9 heteroatoms. The molecule has 0 radical (unpaired) electrons. The summed E-state index contributed by atoms with van der Waals surface area (Å²) in [5.41, 5.74) is 6.04. The molecule has 0 aliphatic carbocycles. The molecular formula is C11H12N4O4S. The summed E-state index contributed by atoms with van der Waals surface area (Å²) in [6.07, 6.45) is 0. The number of rotatable bonds is 3. The highest BCUT2D eigenvalue weighted by Crippen LogP contribution is 2.29. The topological polar surface area (TPSA) is 141 Å². The maximum absolute atomic E-state index is 11.4. The average molecular weight is 296 g/mol. The highest BCUT2D eigenvalue weighted by Gasteiger charge is 2.29. The average Bonchev–Trinajstić information content (AvgIpc) is 2.67. The Labute approximate surface area is 114 Å². The lowest BCUT2D eigenvalue weighted by Gasteiger charge is -2.04. The van der Waals surface area contributed by atoms with E-state index in [-0.39, 0.29) is 11.3 Å². The molecule has 1 amide bonds. The summed E-state index contributed by atoms with van der Waals surface area (Å²) in [4.78, 5) is 12.0. The van der Waals surface area contributed by atoms with E-state index in [2.05, 4.69) is 5.10 Å². The van der Waals surface area contributed by atoms with Crippen molar-refractivity contribution in [1.29, 1.82) is 0 Å². The van der Waals surface area contributed by atoms with Crippen molar-refractivity contribution in [3.8, 4) is 11.1 Å². The summed E-state index contributed by atoms with van der Waals surface area (Å²) < 4.78 is 31.9. The molecule has 1 aromatic carbocycles.